The van der Waals surface area contributed by atoms with Crippen molar-refractivity contribution in [3.8, 4) is 6.07 Å². The van der Waals surface area contributed by atoms with Crippen LogP contribution in [0.1, 0.15) is 25.7 Å². The highest BCUT2D eigenvalue weighted by Crippen LogP contribution is 2.17. The predicted molar refractivity (Wildman–Crippen MR) is 126 cm³/mol. The van der Waals surface area contributed by atoms with Crippen LogP contribution in [0.15, 0.2) is 0 Å². The van der Waals surface area contributed by atoms with Crippen LogP contribution in [0, 0.1) is 11.3 Å². The summed E-state index contributed by atoms with van der Waals surface area (Å²) in [5, 5.41) is 14.4. The molecule has 204 valence electrons. The molecule has 0 aromatic carbocycles. The monoisotopic (exact) mass is 514 g/mol. The highest BCUT2D eigenvalue weighted by molar-refractivity contribution is 5.83. The van der Waals surface area contributed by atoms with E-state index in [1.807, 2.05) is 0 Å². The van der Waals surface area contributed by atoms with Crippen LogP contribution in [-0.2, 0) is 38.1 Å². The number of amides is 4. The Morgan fingerprint density at radius 1 is 0.917 bits per heavy atom. The topological polar surface area (TPSA) is 208 Å². The molecule has 14 heteroatoms. The van der Waals surface area contributed by atoms with E-state index in [0.29, 0.717) is 32.7 Å². The summed E-state index contributed by atoms with van der Waals surface area (Å²) < 4.78 is 20.7. The molecule has 1 aliphatic heterocycles. The number of rotatable bonds is 20. The van der Waals surface area contributed by atoms with Crippen molar-refractivity contribution in [2.24, 2.45) is 11.5 Å². The third-order valence-corrected chi connectivity index (χ3v) is 5.04. The SMILES string of the molecule is N#C[C@@H]1CCCN1C(=O)[C@@H](N)CCC(=O)NCCOCCOCC(=O)NCCOCCOCC(N)=O. The van der Waals surface area contributed by atoms with Crippen molar-refractivity contribution in [2.45, 2.75) is 37.8 Å². The summed E-state index contributed by atoms with van der Waals surface area (Å²) in [7, 11) is 0. The Morgan fingerprint density at radius 3 is 2.11 bits per heavy atom. The van der Waals surface area contributed by atoms with Gasteiger partial charge < -0.3 is 45.9 Å². The minimum absolute atomic E-state index is 0.101. The number of nitrogens with zero attached hydrogens (tertiary/aromatic N) is 2. The lowest BCUT2D eigenvalue weighted by atomic mass is 10.1. The fourth-order valence-electron chi connectivity index (χ4n) is 3.23. The van der Waals surface area contributed by atoms with Crippen LogP contribution >= 0.6 is 0 Å². The number of hydrogen-bond donors (Lipinski definition) is 4. The second kappa shape index (κ2) is 19.4. The number of ether oxygens (including phenoxy) is 4. The number of carbonyl (C=O) groups is 4. The molecule has 36 heavy (non-hydrogen) atoms. The predicted octanol–water partition coefficient (Wildman–Crippen LogP) is -2.61. The van der Waals surface area contributed by atoms with Gasteiger partial charge in [0.15, 0.2) is 0 Å². The quantitative estimate of drug-likeness (QED) is 0.124. The van der Waals surface area contributed by atoms with Gasteiger partial charge in [0.2, 0.25) is 23.6 Å². The molecule has 0 bridgehead atoms. The molecule has 0 radical (unpaired) electrons. The lowest BCUT2D eigenvalue weighted by Gasteiger charge is -2.23. The first kappa shape index (κ1) is 31.2. The van der Waals surface area contributed by atoms with Gasteiger partial charge in [-0.2, -0.15) is 5.26 Å². The first-order valence-electron chi connectivity index (χ1n) is 11.9. The molecule has 0 aliphatic carbocycles. The van der Waals surface area contributed by atoms with Crippen LogP contribution in [0.5, 0.6) is 0 Å². The van der Waals surface area contributed by atoms with Gasteiger partial charge >= 0.3 is 0 Å². The van der Waals surface area contributed by atoms with Crippen molar-refractivity contribution in [1.29, 1.82) is 5.26 Å². The van der Waals surface area contributed by atoms with E-state index in [1.54, 1.807) is 0 Å². The molecule has 2 atom stereocenters. The highest BCUT2D eigenvalue weighted by Gasteiger charge is 2.31. The largest absolute Gasteiger partial charge is 0.377 e. The van der Waals surface area contributed by atoms with Crippen molar-refractivity contribution < 1.29 is 38.1 Å². The van der Waals surface area contributed by atoms with Gasteiger partial charge in [0.05, 0.1) is 51.8 Å². The third-order valence-electron chi connectivity index (χ3n) is 5.04. The third kappa shape index (κ3) is 14.5. The maximum Gasteiger partial charge on any atom is 0.246 e. The normalized spacial score (nSPS) is 15.8. The van der Waals surface area contributed by atoms with E-state index < -0.39 is 18.0 Å². The minimum Gasteiger partial charge on any atom is -0.377 e. The molecule has 14 nitrogen and oxygen atoms in total. The van der Waals surface area contributed by atoms with Gasteiger partial charge in [0, 0.05) is 26.1 Å². The molecule has 1 rings (SSSR count). The van der Waals surface area contributed by atoms with Gasteiger partial charge in [-0.1, -0.05) is 0 Å². The summed E-state index contributed by atoms with van der Waals surface area (Å²) in [4.78, 5) is 47.8. The second-order valence-corrected chi connectivity index (χ2v) is 7.96. The maximum atomic E-state index is 12.3. The van der Waals surface area contributed by atoms with E-state index in [4.69, 9.17) is 35.7 Å². The van der Waals surface area contributed by atoms with Gasteiger partial charge in [-0.05, 0) is 19.3 Å². The summed E-state index contributed by atoms with van der Waals surface area (Å²) >= 11 is 0. The van der Waals surface area contributed by atoms with E-state index in [9.17, 15) is 19.2 Å². The molecule has 1 heterocycles. The number of primary amides is 1. The van der Waals surface area contributed by atoms with Crippen molar-refractivity contribution in [3.05, 3.63) is 0 Å². The number of hydrogen-bond acceptors (Lipinski definition) is 10. The molecule has 0 spiro atoms. The second-order valence-electron chi connectivity index (χ2n) is 7.96. The fourth-order valence-corrected chi connectivity index (χ4v) is 3.23. The van der Waals surface area contributed by atoms with Crippen molar-refractivity contribution in [3.63, 3.8) is 0 Å². The average Bonchev–Trinajstić information content (AvgIpc) is 3.34. The van der Waals surface area contributed by atoms with Gasteiger partial charge in [-0.25, -0.2) is 0 Å². The fraction of sp³-hybridized carbons (Fsp3) is 0.773. The molecule has 1 aliphatic rings. The van der Waals surface area contributed by atoms with Crippen LogP contribution in [0.25, 0.3) is 0 Å². The summed E-state index contributed by atoms with van der Waals surface area (Å²) in [5.74, 6) is -1.37. The molecular weight excluding hydrogens is 476 g/mol. The Labute approximate surface area is 210 Å². The first-order chi connectivity index (χ1) is 17.3. The molecule has 1 fully saturated rings. The molecule has 1 saturated heterocycles. The van der Waals surface area contributed by atoms with Crippen LogP contribution in [-0.4, -0.2) is 113 Å². The summed E-state index contributed by atoms with van der Waals surface area (Å²) in [5.41, 5.74) is 10.8. The van der Waals surface area contributed by atoms with Gasteiger partial charge in [0.1, 0.15) is 19.3 Å². The van der Waals surface area contributed by atoms with Crippen LogP contribution in [0.2, 0.25) is 0 Å². The zero-order valence-electron chi connectivity index (χ0n) is 20.6. The number of nitriles is 1. The molecular formula is C22H38N6O8. The highest BCUT2D eigenvalue weighted by atomic mass is 16.5. The first-order valence-corrected chi connectivity index (χ1v) is 11.9. The van der Waals surface area contributed by atoms with E-state index >= 15 is 0 Å². The molecule has 0 aromatic rings. The molecule has 4 amide bonds. The van der Waals surface area contributed by atoms with Gasteiger partial charge in [-0.15, -0.1) is 0 Å². The molecule has 6 N–H and O–H groups in total. The molecule has 0 saturated carbocycles. The van der Waals surface area contributed by atoms with E-state index in [1.165, 1.54) is 4.90 Å². The standard InChI is InChI=1S/C22H38N6O8/c23-14-17-2-1-7-28(17)22(32)18(24)3-4-20(30)26-5-8-33-11-13-36-16-21(31)27-6-9-34-10-12-35-15-19(25)29/h17-18H,1-13,15-16,24H2,(H2,25,29)(H,26,30)(H,27,31)/t17-,18-/m0/s1. The zero-order valence-corrected chi connectivity index (χ0v) is 20.6. The number of likely N-dealkylation sites (tertiary alicyclic amines) is 1. The Hall–Kier alpha value is -2.83. The number of nitrogens with one attached hydrogen (secondary N) is 2. The maximum absolute atomic E-state index is 12.3. The smallest absolute Gasteiger partial charge is 0.246 e. The summed E-state index contributed by atoms with van der Waals surface area (Å²) in [6.45, 7) is 2.41. The zero-order chi connectivity index (χ0) is 26.6. The van der Waals surface area contributed by atoms with E-state index in [0.717, 1.165) is 6.42 Å². The summed E-state index contributed by atoms with van der Waals surface area (Å²) in [6.07, 6.45) is 1.74. The van der Waals surface area contributed by atoms with Crippen molar-refractivity contribution in [1.82, 2.24) is 15.5 Å². The van der Waals surface area contributed by atoms with Gasteiger partial charge in [0.25, 0.3) is 0 Å². The Balaban J connectivity index is 1.91. The lowest BCUT2D eigenvalue weighted by Crippen LogP contribution is -2.46. The minimum atomic E-state index is -0.808. The molecule has 0 unspecified atom stereocenters. The van der Waals surface area contributed by atoms with Crippen LogP contribution < -0.4 is 22.1 Å². The van der Waals surface area contributed by atoms with Gasteiger partial charge in [-0.3, -0.25) is 19.2 Å². The number of nitrogens with two attached hydrogens (primary N) is 2. The average molecular weight is 515 g/mol. The Morgan fingerprint density at radius 2 is 1.50 bits per heavy atom. The Bertz CT molecular complexity index is 732. The van der Waals surface area contributed by atoms with E-state index in [-0.39, 0.29) is 76.8 Å². The van der Waals surface area contributed by atoms with Crippen LogP contribution in [0.4, 0.5) is 0 Å². The van der Waals surface area contributed by atoms with Crippen molar-refractivity contribution >= 4 is 23.6 Å². The van der Waals surface area contributed by atoms with E-state index in [2.05, 4.69) is 16.7 Å². The van der Waals surface area contributed by atoms with Crippen LogP contribution in [0.3, 0.4) is 0 Å². The van der Waals surface area contributed by atoms with Crippen molar-refractivity contribution in [2.75, 3.05) is 72.5 Å². The molecule has 0 aromatic heterocycles. The Kier molecular flexibility index (Phi) is 16.8. The summed E-state index contributed by atoms with van der Waals surface area (Å²) in [6, 6.07) is 0.863. The lowest BCUT2D eigenvalue weighted by molar-refractivity contribution is -0.133. The number of carbonyl (C=O) groups excluding carboxylic acids is 4.